The van der Waals surface area contributed by atoms with Crippen LogP contribution in [0.1, 0.15) is 30.5 Å². The van der Waals surface area contributed by atoms with Gasteiger partial charge in [0.15, 0.2) is 0 Å². The molecule has 8 heteroatoms. The van der Waals surface area contributed by atoms with Crippen molar-refractivity contribution >= 4 is 45.6 Å². The van der Waals surface area contributed by atoms with Crippen LogP contribution in [-0.4, -0.2) is 29.0 Å². The Morgan fingerprint density at radius 3 is 2.33 bits per heavy atom. The van der Waals surface area contributed by atoms with Crippen molar-refractivity contribution in [1.29, 1.82) is 5.26 Å². The van der Waals surface area contributed by atoms with Crippen LogP contribution in [0, 0.1) is 18.3 Å². The summed E-state index contributed by atoms with van der Waals surface area (Å²) in [5.74, 6) is 1.18. The van der Waals surface area contributed by atoms with Gasteiger partial charge in [0.25, 0.3) is 0 Å². The summed E-state index contributed by atoms with van der Waals surface area (Å²) in [5, 5.41) is 11.0. The molecule has 0 fully saturated rings. The summed E-state index contributed by atoms with van der Waals surface area (Å²) in [7, 11) is 0. The van der Waals surface area contributed by atoms with Crippen molar-refractivity contribution in [1.82, 2.24) is 9.97 Å². The van der Waals surface area contributed by atoms with E-state index in [0.717, 1.165) is 5.56 Å². The monoisotopic (exact) mass is 401 g/mol. The lowest BCUT2D eigenvalue weighted by atomic mass is 10.0. The normalized spacial score (nSPS) is 12.9. The molecule has 1 amide bonds. The van der Waals surface area contributed by atoms with E-state index in [2.05, 4.69) is 16.0 Å². The number of nitrogens with two attached hydrogens (primary N) is 2. The lowest BCUT2D eigenvalue weighted by Crippen LogP contribution is -2.25. The third-order valence-corrected chi connectivity index (χ3v) is 5.52. The van der Waals surface area contributed by atoms with Gasteiger partial charge in [0.1, 0.15) is 34.9 Å². The van der Waals surface area contributed by atoms with Gasteiger partial charge in [0, 0.05) is 24.0 Å². The van der Waals surface area contributed by atoms with Crippen molar-refractivity contribution in [2.75, 3.05) is 34.4 Å². The van der Waals surface area contributed by atoms with E-state index >= 15 is 0 Å². The first-order valence-electron chi connectivity index (χ1n) is 9.87. The highest BCUT2D eigenvalue weighted by Gasteiger charge is 2.35. The van der Waals surface area contributed by atoms with Gasteiger partial charge in [-0.3, -0.25) is 9.69 Å². The molecule has 4 rings (SSSR count). The molecule has 1 aliphatic rings. The number of pyridine rings is 2. The molecule has 3 heterocycles. The molecule has 4 N–H and O–H groups in total. The summed E-state index contributed by atoms with van der Waals surface area (Å²) in [6.45, 7) is 7.29. The number of nitriles is 1. The number of amides is 1. The second-order valence-corrected chi connectivity index (χ2v) is 7.27. The van der Waals surface area contributed by atoms with E-state index in [1.54, 1.807) is 4.90 Å². The molecular weight excluding hydrogens is 378 g/mol. The Hall–Kier alpha value is -3.86. The topological polar surface area (TPSA) is 125 Å². The number of aromatic nitrogens is 2. The Balaban J connectivity index is 2.06. The first-order valence-corrected chi connectivity index (χ1v) is 9.87. The Labute approximate surface area is 174 Å². The Bertz CT molecular complexity index is 1210. The fourth-order valence-corrected chi connectivity index (χ4v) is 4.02. The number of carbonyl (C=O) groups excluding carboxylic acids is 1. The van der Waals surface area contributed by atoms with E-state index in [1.165, 1.54) is 0 Å². The average molecular weight is 401 g/mol. The van der Waals surface area contributed by atoms with E-state index in [0.29, 0.717) is 52.3 Å². The fourth-order valence-electron chi connectivity index (χ4n) is 4.02. The highest BCUT2D eigenvalue weighted by Crippen LogP contribution is 2.43. The summed E-state index contributed by atoms with van der Waals surface area (Å²) in [6, 6.07) is 9.89. The Morgan fingerprint density at radius 2 is 1.73 bits per heavy atom. The van der Waals surface area contributed by atoms with Crippen LogP contribution >= 0.6 is 0 Å². The first-order chi connectivity index (χ1) is 14.4. The minimum absolute atomic E-state index is 0.114. The van der Waals surface area contributed by atoms with E-state index in [1.807, 2.05) is 49.9 Å². The zero-order valence-corrected chi connectivity index (χ0v) is 17.2. The third kappa shape index (κ3) is 2.78. The first kappa shape index (κ1) is 19.5. The van der Waals surface area contributed by atoms with Crippen molar-refractivity contribution < 1.29 is 4.79 Å². The number of hydrogen-bond acceptors (Lipinski definition) is 7. The van der Waals surface area contributed by atoms with E-state index in [-0.39, 0.29) is 24.0 Å². The molecule has 0 atom stereocenters. The number of anilines is 5. The fraction of sp³-hybridized carbons (Fsp3) is 0.273. The van der Waals surface area contributed by atoms with Crippen LogP contribution in [0.3, 0.4) is 0 Å². The summed E-state index contributed by atoms with van der Waals surface area (Å²) in [5.41, 5.74) is 15.3. The third-order valence-electron chi connectivity index (χ3n) is 5.52. The number of fused-ring (bicyclic) bond motifs is 3. The number of rotatable bonds is 4. The van der Waals surface area contributed by atoms with Gasteiger partial charge in [0.2, 0.25) is 5.91 Å². The molecule has 152 valence electrons. The lowest BCUT2D eigenvalue weighted by Gasteiger charge is -2.23. The minimum atomic E-state index is -0.128. The highest BCUT2D eigenvalue weighted by atomic mass is 16.2. The molecule has 0 spiro atoms. The van der Waals surface area contributed by atoms with E-state index in [4.69, 9.17) is 11.5 Å². The lowest BCUT2D eigenvalue weighted by molar-refractivity contribution is -0.116. The molecular formula is C22H23N7O. The molecule has 0 unspecified atom stereocenters. The van der Waals surface area contributed by atoms with Crippen molar-refractivity contribution in [3.05, 3.63) is 41.0 Å². The summed E-state index contributed by atoms with van der Waals surface area (Å²) < 4.78 is 0. The zero-order valence-electron chi connectivity index (χ0n) is 17.2. The van der Waals surface area contributed by atoms with Gasteiger partial charge < -0.3 is 16.4 Å². The van der Waals surface area contributed by atoms with Crippen LogP contribution in [0.15, 0.2) is 24.3 Å². The molecule has 0 bridgehead atoms. The molecule has 30 heavy (non-hydrogen) atoms. The molecule has 2 aromatic heterocycles. The van der Waals surface area contributed by atoms with Gasteiger partial charge in [-0.2, -0.15) is 5.26 Å². The number of nitrogen functional groups attached to an aromatic ring is 2. The maximum atomic E-state index is 13.0. The summed E-state index contributed by atoms with van der Waals surface area (Å²) in [4.78, 5) is 25.5. The second kappa shape index (κ2) is 7.19. The summed E-state index contributed by atoms with van der Waals surface area (Å²) in [6.07, 6.45) is 0.114. The highest BCUT2D eigenvalue weighted by molar-refractivity contribution is 6.15. The SMILES string of the molecule is CCN(CC)c1nc(N)c2c(N)nc3c(c2c1C#N)CC(=O)N3c1ccc(C)cc1. The molecule has 8 nitrogen and oxygen atoms in total. The van der Waals surface area contributed by atoms with Crippen LogP contribution in [0.5, 0.6) is 0 Å². The maximum absolute atomic E-state index is 13.0. The van der Waals surface area contributed by atoms with Crippen molar-refractivity contribution in [2.24, 2.45) is 0 Å². The molecule has 0 saturated heterocycles. The number of nitrogens with zero attached hydrogens (tertiary/aromatic N) is 5. The molecule has 3 aromatic rings. The maximum Gasteiger partial charge on any atom is 0.237 e. The summed E-state index contributed by atoms with van der Waals surface area (Å²) >= 11 is 0. The smallest absolute Gasteiger partial charge is 0.237 e. The molecule has 0 saturated carbocycles. The van der Waals surface area contributed by atoms with Crippen LogP contribution in [0.4, 0.5) is 29.0 Å². The van der Waals surface area contributed by atoms with Gasteiger partial charge in [0.05, 0.1) is 17.5 Å². The zero-order chi connectivity index (χ0) is 21.6. The molecule has 0 radical (unpaired) electrons. The largest absolute Gasteiger partial charge is 0.383 e. The van der Waals surface area contributed by atoms with Crippen LogP contribution in [0.25, 0.3) is 10.8 Å². The molecule has 1 aromatic carbocycles. The van der Waals surface area contributed by atoms with Crippen LogP contribution in [0.2, 0.25) is 0 Å². The molecule has 1 aliphatic heterocycles. The predicted molar refractivity (Wildman–Crippen MR) is 119 cm³/mol. The Morgan fingerprint density at radius 1 is 1.10 bits per heavy atom. The number of aryl methyl sites for hydroxylation is 1. The van der Waals surface area contributed by atoms with E-state index in [9.17, 15) is 10.1 Å². The van der Waals surface area contributed by atoms with Gasteiger partial charge in [-0.15, -0.1) is 0 Å². The number of benzene rings is 1. The van der Waals surface area contributed by atoms with E-state index < -0.39 is 0 Å². The average Bonchev–Trinajstić information content (AvgIpc) is 3.05. The van der Waals surface area contributed by atoms with Gasteiger partial charge in [-0.1, -0.05) is 17.7 Å². The number of carbonyl (C=O) groups is 1. The number of hydrogen-bond donors (Lipinski definition) is 2. The van der Waals surface area contributed by atoms with Gasteiger partial charge in [-0.05, 0) is 32.9 Å². The molecule has 0 aliphatic carbocycles. The van der Waals surface area contributed by atoms with Crippen molar-refractivity contribution in [3.63, 3.8) is 0 Å². The van der Waals surface area contributed by atoms with Crippen molar-refractivity contribution in [2.45, 2.75) is 27.2 Å². The van der Waals surface area contributed by atoms with Gasteiger partial charge >= 0.3 is 0 Å². The minimum Gasteiger partial charge on any atom is -0.383 e. The van der Waals surface area contributed by atoms with Crippen LogP contribution in [-0.2, 0) is 11.2 Å². The van der Waals surface area contributed by atoms with Crippen LogP contribution < -0.4 is 21.3 Å². The van der Waals surface area contributed by atoms with Crippen molar-refractivity contribution in [3.8, 4) is 6.07 Å². The predicted octanol–water partition coefficient (Wildman–Crippen LogP) is 3.04. The standard InChI is InChI=1S/C22H23N7O/c1-4-28(5-2)21-15(11-23)17-14-10-16(30)29(13-8-6-12(3)7-9-13)22(14)27-20(25)18(17)19(24)26-21/h6-9H,4-5,10H2,1-3H3,(H2,24,26)(H2,25,27). The quantitative estimate of drug-likeness (QED) is 0.688. The van der Waals surface area contributed by atoms with Gasteiger partial charge in [-0.25, -0.2) is 9.97 Å². The Kier molecular flexibility index (Phi) is 4.66. The second-order valence-electron chi connectivity index (χ2n) is 7.27.